The van der Waals surface area contributed by atoms with Gasteiger partial charge < -0.3 is 14.6 Å². The second kappa shape index (κ2) is 7.66. The summed E-state index contributed by atoms with van der Waals surface area (Å²) in [5.41, 5.74) is 1.20. The first-order valence-corrected chi connectivity index (χ1v) is 7.78. The van der Waals surface area contributed by atoms with Gasteiger partial charge in [-0.3, -0.25) is 4.90 Å². The van der Waals surface area contributed by atoms with Crippen LogP contribution in [0.2, 0.25) is 0 Å². The summed E-state index contributed by atoms with van der Waals surface area (Å²) >= 11 is 0. The maximum Gasteiger partial charge on any atom is 0.161 e. The van der Waals surface area contributed by atoms with Gasteiger partial charge in [-0.1, -0.05) is 19.9 Å². The van der Waals surface area contributed by atoms with E-state index in [1.807, 2.05) is 6.07 Å². The van der Waals surface area contributed by atoms with E-state index in [2.05, 4.69) is 30.9 Å². The predicted molar refractivity (Wildman–Crippen MR) is 83.8 cm³/mol. The first-order valence-electron chi connectivity index (χ1n) is 7.78. The Labute approximate surface area is 127 Å². The molecule has 0 saturated carbocycles. The molecular weight excluding hydrogens is 266 g/mol. The number of nitrogens with zero attached hydrogens (tertiary/aromatic N) is 1. The third-order valence-electron chi connectivity index (χ3n) is 3.90. The van der Waals surface area contributed by atoms with Crippen LogP contribution >= 0.6 is 0 Å². The van der Waals surface area contributed by atoms with E-state index in [4.69, 9.17) is 9.47 Å². The number of likely N-dealkylation sites (tertiary alicyclic amines) is 1. The largest absolute Gasteiger partial charge is 0.493 e. The summed E-state index contributed by atoms with van der Waals surface area (Å²) < 4.78 is 11.2. The summed E-state index contributed by atoms with van der Waals surface area (Å²) in [4.78, 5) is 2.34. The molecule has 0 spiro atoms. The molecule has 0 amide bonds. The van der Waals surface area contributed by atoms with Crippen LogP contribution in [0.15, 0.2) is 18.2 Å². The number of hydrogen-bond acceptors (Lipinski definition) is 4. The van der Waals surface area contributed by atoms with Crippen LogP contribution in [-0.4, -0.2) is 42.9 Å². The Morgan fingerprint density at radius 2 is 2.14 bits per heavy atom. The maximum atomic E-state index is 9.41. The summed E-state index contributed by atoms with van der Waals surface area (Å²) in [6.45, 7) is 7.10. The van der Waals surface area contributed by atoms with Gasteiger partial charge in [0.25, 0.3) is 0 Å². The molecule has 1 heterocycles. The third-order valence-corrected chi connectivity index (χ3v) is 3.90. The Bertz CT molecular complexity index is 448. The molecular formula is C17H27NO3. The van der Waals surface area contributed by atoms with E-state index in [1.54, 1.807) is 7.11 Å². The molecule has 21 heavy (non-hydrogen) atoms. The van der Waals surface area contributed by atoms with Gasteiger partial charge in [0.2, 0.25) is 0 Å². The van der Waals surface area contributed by atoms with Crippen LogP contribution in [0, 0.1) is 5.92 Å². The zero-order chi connectivity index (χ0) is 15.2. The Kier molecular flexibility index (Phi) is 5.88. The number of aliphatic hydroxyl groups is 1. The van der Waals surface area contributed by atoms with Gasteiger partial charge in [-0.05, 0) is 43.0 Å². The van der Waals surface area contributed by atoms with Crippen molar-refractivity contribution < 1.29 is 14.6 Å². The summed E-state index contributed by atoms with van der Waals surface area (Å²) in [6, 6.07) is 6.41. The van der Waals surface area contributed by atoms with Gasteiger partial charge in [0, 0.05) is 12.6 Å². The highest BCUT2D eigenvalue weighted by molar-refractivity contribution is 5.43. The van der Waals surface area contributed by atoms with Crippen molar-refractivity contribution in [1.82, 2.24) is 4.90 Å². The summed E-state index contributed by atoms with van der Waals surface area (Å²) in [5.74, 6) is 2.07. The van der Waals surface area contributed by atoms with Crippen LogP contribution in [0.4, 0.5) is 0 Å². The predicted octanol–water partition coefficient (Wildman–Crippen LogP) is 2.69. The van der Waals surface area contributed by atoms with E-state index in [0.717, 1.165) is 37.4 Å². The molecule has 1 atom stereocenters. The van der Waals surface area contributed by atoms with Gasteiger partial charge in [0.1, 0.15) is 0 Å². The van der Waals surface area contributed by atoms with Crippen LogP contribution in [-0.2, 0) is 6.54 Å². The van der Waals surface area contributed by atoms with E-state index in [-0.39, 0.29) is 6.61 Å². The second-order valence-corrected chi connectivity index (χ2v) is 6.14. The molecule has 118 valence electrons. The molecule has 1 aromatic rings. The maximum absolute atomic E-state index is 9.41. The first kappa shape index (κ1) is 16.1. The minimum atomic E-state index is 0.243. The van der Waals surface area contributed by atoms with Crippen LogP contribution in [0.1, 0.15) is 32.3 Å². The summed E-state index contributed by atoms with van der Waals surface area (Å²) in [6.07, 6.45) is 2.25. The van der Waals surface area contributed by atoms with Crippen LogP contribution in [0.3, 0.4) is 0 Å². The molecule has 0 radical (unpaired) electrons. The fourth-order valence-corrected chi connectivity index (χ4v) is 2.73. The average Bonchev–Trinajstić information content (AvgIpc) is 2.92. The molecule has 0 unspecified atom stereocenters. The molecule has 1 aliphatic heterocycles. The molecule has 4 heteroatoms. The van der Waals surface area contributed by atoms with Crippen molar-refractivity contribution >= 4 is 0 Å². The average molecular weight is 293 g/mol. The summed E-state index contributed by atoms with van der Waals surface area (Å²) in [7, 11) is 1.67. The lowest BCUT2D eigenvalue weighted by Gasteiger charge is -2.23. The van der Waals surface area contributed by atoms with Crippen LogP contribution in [0.5, 0.6) is 11.5 Å². The first-order chi connectivity index (χ1) is 10.1. The second-order valence-electron chi connectivity index (χ2n) is 6.14. The smallest absolute Gasteiger partial charge is 0.161 e. The number of aliphatic hydroxyl groups excluding tert-OH is 1. The minimum absolute atomic E-state index is 0.243. The van der Waals surface area contributed by atoms with Crippen molar-refractivity contribution in [2.45, 2.75) is 39.3 Å². The molecule has 0 aliphatic carbocycles. The van der Waals surface area contributed by atoms with Gasteiger partial charge in [0.15, 0.2) is 11.5 Å². The van der Waals surface area contributed by atoms with Gasteiger partial charge in [-0.25, -0.2) is 0 Å². The van der Waals surface area contributed by atoms with E-state index in [9.17, 15) is 5.11 Å². The van der Waals surface area contributed by atoms with E-state index in [0.29, 0.717) is 18.6 Å². The Morgan fingerprint density at radius 1 is 1.33 bits per heavy atom. The topological polar surface area (TPSA) is 41.9 Å². The minimum Gasteiger partial charge on any atom is -0.493 e. The highest BCUT2D eigenvalue weighted by atomic mass is 16.5. The quantitative estimate of drug-likeness (QED) is 0.839. The van der Waals surface area contributed by atoms with Crippen LogP contribution in [0.25, 0.3) is 0 Å². The molecule has 1 aromatic carbocycles. The lowest BCUT2D eigenvalue weighted by atomic mass is 10.1. The van der Waals surface area contributed by atoms with Crippen molar-refractivity contribution in [3.8, 4) is 11.5 Å². The Morgan fingerprint density at radius 3 is 2.81 bits per heavy atom. The molecule has 1 saturated heterocycles. The number of benzene rings is 1. The van der Waals surface area contributed by atoms with Crippen molar-refractivity contribution in [3.63, 3.8) is 0 Å². The SMILES string of the molecule is COc1ccc(CN2CCC[C@H]2CO)cc1OCC(C)C. The molecule has 1 fully saturated rings. The van der Waals surface area contributed by atoms with E-state index in [1.165, 1.54) is 5.56 Å². The molecule has 0 aromatic heterocycles. The van der Waals surface area contributed by atoms with Crippen molar-refractivity contribution in [2.75, 3.05) is 26.9 Å². The standard InChI is InChI=1S/C17H27NO3/c1-13(2)12-21-17-9-14(6-7-16(17)20-3)10-18-8-4-5-15(18)11-19/h6-7,9,13,15,19H,4-5,8,10-12H2,1-3H3/t15-/m0/s1. The molecule has 2 rings (SSSR count). The monoisotopic (exact) mass is 293 g/mol. The molecule has 4 nitrogen and oxygen atoms in total. The fraction of sp³-hybridized carbons (Fsp3) is 0.647. The van der Waals surface area contributed by atoms with Crippen molar-refractivity contribution in [3.05, 3.63) is 23.8 Å². The number of methoxy groups -OCH3 is 1. The zero-order valence-electron chi connectivity index (χ0n) is 13.3. The summed E-state index contributed by atoms with van der Waals surface area (Å²) in [5, 5.41) is 9.41. The normalized spacial score (nSPS) is 19.2. The van der Waals surface area contributed by atoms with Crippen molar-refractivity contribution in [2.24, 2.45) is 5.92 Å². The Balaban J connectivity index is 2.07. The highest BCUT2D eigenvalue weighted by Crippen LogP contribution is 2.30. The van der Waals surface area contributed by atoms with E-state index >= 15 is 0 Å². The lowest BCUT2D eigenvalue weighted by Crippen LogP contribution is -2.31. The molecule has 1 aliphatic rings. The molecule has 0 bridgehead atoms. The van der Waals surface area contributed by atoms with Gasteiger partial charge in [0.05, 0.1) is 20.3 Å². The molecule has 1 N–H and O–H groups in total. The van der Waals surface area contributed by atoms with Gasteiger partial charge in [-0.2, -0.15) is 0 Å². The third kappa shape index (κ3) is 4.35. The number of rotatable bonds is 7. The number of hydrogen-bond donors (Lipinski definition) is 1. The zero-order valence-corrected chi connectivity index (χ0v) is 13.3. The van der Waals surface area contributed by atoms with Crippen molar-refractivity contribution in [1.29, 1.82) is 0 Å². The lowest BCUT2D eigenvalue weighted by molar-refractivity contribution is 0.153. The highest BCUT2D eigenvalue weighted by Gasteiger charge is 2.23. The van der Waals surface area contributed by atoms with Crippen LogP contribution < -0.4 is 9.47 Å². The number of ether oxygens (including phenoxy) is 2. The van der Waals surface area contributed by atoms with E-state index < -0.39 is 0 Å². The van der Waals surface area contributed by atoms with Gasteiger partial charge in [-0.15, -0.1) is 0 Å². The fourth-order valence-electron chi connectivity index (χ4n) is 2.73. The Hall–Kier alpha value is -1.26. The van der Waals surface area contributed by atoms with Gasteiger partial charge >= 0.3 is 0 Å².